The monoisotopic (exact) mass is 370 g/mol. The van der Waals surface area contributed by atoms with E-state index < -0.39 is 35.6 Å². The minimum Gasteiger partial charge on any atom is -0.479 e. The maximum absolute atomic E-state index is 13.4. The van der Waals surface area contributed by atoms with Crippen molar-refractivity contribution in [3.63, 3.8) is 0 Å². The molecular weight excluding hydrogens is 351 g/mol. The summed E-state index contributed by atoms with van der Waals surface area (Å²) in [4.78, 5) is 36.4. The molecule has 0 bridgehead atoms. The highest BCUT2D eigenvalue weighted by Crippen LogP contribution is 2.33. The van der Waals surface area contributed by atoms with Crippen molar-refractivity contribution in [3.8, 4) is 0 Å². The van der Waals surface area contributed by atoms with Gasteiger partial charge in [0.15, 0.2) is 6.04 Å². The minimum absolute atomic E-state index is 0.135. The molecule has 27 heavy (non-hydrogen) atoms. The molecule has 0 fully saturated rings. The van der Waals surface area contributed by atoms with Gasteiger partial charge in [-0.1, -0.05) is 24.3 Å². The van der Waals surface area contributed by atoms with Crippen LogP contribution in [0.3, 0.4) is 0 Å². The number of carbonyl (C=O) groups excluding carboxylic acids is 2. The third-order valence-corrected chi connectivity index (χ3v) is 4.77. The van der Waals surface area contributed by atoms with E-state index in [-0.39, 0.29) is 12.1 Å². The van der Waals surface area contributed by atoms with E-state index in [1.54, 1.807) is 18.2 Å². The predicted octanol–water partition coefficient (Wildman–Crippen LogP) is 2.81. The fourth-order valence-corrected chi connectivity index (χ4v) is 3.15. The van der Waals surface area contributed by atoms with Crippen LogP contribution in [0.1, 0.15) is 40.6 Å². The van der Waals surface area contributed by atoms with Crippen LogP contribution in [0, 0.1) is 19.7 Å². The van der Waals surface area contributed by atoms with Crippen molar-refractivity contribution < 1.29 is 23.9 Å². The summed E-state index contributed by atoms with van der Waals surface area (Å²) in [5.41, 5.74) is 3.04. The Morgan fingerprint density at radius 1 is 1.19 bits per heavy atom. The summed E-state index contributed by atoms with van der Waals surface area (Å²) >= 11 is 0. The summed E-state index contributed by atoms with van der Waals surface area (Å²) in [5, 5.41) is 14.6. The van der Waals surface area contributed by atoms with Crippen molar-refractivity contribution in [2.24, 2.45) is 0 Å². The van der Waals surface area contributed by atoms with E-state index in [0.717, 1.165) is 17.2 Å². The van der Waals surface area contributed by atoms with Crippen molar-refractivity contribution >= 4 is 23.5 Å². The zero-order valence-corrected chi connectivity index (χ0v) is 14.9. The van der Waals surface area contributed by atoms with Gasteiger partial charge in [-0.05, 0) is 48.2 Å². The highest BCUT2D eigenvalue weighted by molar-refractivity contribution is 6.01. The topological polar surface area (TPSA) is 95.5 Å². The highest BCUT2D eigenvalue weighted by Gasteiger charge is 2.33. The van der Waals surface area contributed by atoms with E-state index >= 15 is 0 Å². The molecule has 1 heterocycles. The predicted molar refractivity (Wildman–Crippen MR) is 96.8 cm³/mol. The Hall–Kier alpha value is -3.22. The van der Waals surface area contributed by atoms with Gasteiger partial charge in [0.2, 0.25) is 11.8 Å². The molecule has 2 atom stereocenters. The third-order valence-electron chi connectivity index (χ3n) is 4.77. The van der Waals surface area contributed by atoms with Crippen molar-refractivity contribution in [1.29, 1.82) is 0 Å². The summed E-state index contributed by atoms with van der Waals surface area (Å²) in [5.74, 6) is -3.64. The van der Waals surface area contributed by atoms with Crippen LogP contribution in [0.2, 0.25) is 0 Å². The molecule has 0 aliphatic carbocycles. The lowest BCUT2D eigenvalue weighted by molar-refractivity contribution is -0.142. The summed E-state index contributed by atoms with van der Waals surface area (Å²) in [6, 6.07) is 7.69. The molecule has 2 aromatic carbocycles. The number of anilines is 1. The average Bonchev–Trinajstić information content (AvgIpc) is 2.60. The largest absolute Gasteiger partial charge is 0.479 e. The smallest absolute Gasteiger partial charge is 0.330 e. The van der Waals surface area contributed by atoms with Crippen LogP contribution in [-0.4, -0.2) is 22.9 Å². The number of carboxylic acid groups (broad SMARTS) is 1. The van der Waals surface area contributed by atoms with Crippen molar-refractivity contribution in [1.82, 2.24) is 5.32 Å². The number of carboxylic acids is 1. The quantitative estimate of drug-likeness (QED) is 0.771. The molecule has 0 saturated heterocycles. The lowest BCUT2D eigenvalue weighted by atomic mass is 9.89. The number of rotatable bonds is 4. The van der Waals surface area contributed by atoms with Crippen molar-refractivity contribution in [2.75, 3.05) is 5.32 Å². The second-order valence-corrected chi connectivity index (χ2v) is 6.66. The van der Waals surface area contributed by atoms with Crippen LogP contribution < -0.4 is 10.6 Å². The van der Waals surface area contributed by atoms with Crippen LogP contribution in [0.5, 0.6) is 0 Å². The van der Waals surface area contributed by atoms with Gasteiger partial charge in [-0.25, -0.2) is 9.18 Å². The molecule has 1 aliphatic heterocycles. The van der Waals surface area contributed by atoms with E-state index in [4.69, 9.17) is 0 Å². The van der Waals surface area contributed by atoms with Gasteiger partial charge in [0.1, 0.15) is 5.82 Å². The molecule has 2 amide bonds. The summed E-state index contributed by atoms with van der Waals surface area (Å²) < 4.78 is 13.4. The van der Waals surface area contributed by atoms with Crippen LogP contribution in [-0.2, 0) is 14.4 Å². The van der Waals surface area contributed by atoms with Gasteiger partial charge >= 0.3 is 5.97 Å². The zero-order valence-electron chi connectivity index (χ0n) is 14.9. The maximum atomic E-state index is 13.4. The van der Waals surface area contributed by atoms with Crippen LogP contribution in [0.4, 0.5) is 10.1 Å². The van der Waals surface area contributed by atoms with Crippen LogP contribution in [0.25, 0.3) is 0 Å². The molecule has 0 radical (unpaired) electrons. The molecule has 6 nitrogen and oxygen atoms in total. The second kappa shape index (κ2) is 7.19. The molecule has 2 aromatic rings. The van der Waals surface area contributed by atoms with Gasteiger partial charge in [0, 0.05) is 12.1 Å². The summed E-state index contributed by atoms with van der Waals surface area (Å²) in [7, 11) is 0. The molecule has 140 valence electrons. The van der Waals surface area contributed by atoms with E-state index in [2.05, 4.69) is 10.6 Å². The number of nitrogens with one attached hydrogen (secondary N) is 2. The van der Waals surface area contributed by atoms with Gasteiger partial charge in [0.25, 0.3) is 0 Å². The first kappa shape index (κ1) is 18.6. The Morgan fingerprint density at radius 2 is 1.93 bits per heavy atom. The minimum atomic E-state index is -1.24. The average molecular weight is 370 g/mol. The highest BCUT2D eigenvalue weighted by atomic mass is 19.1. The number of fused-ring (bicyclic) bond motifs is 1. The van der Waals surface area contributed by atoms with Gasteiger partial charge in [0.05, 0.1) is 5.92 Å². The Morgan fingerprint density at radius 3 is 2.59 bits per heavy atom. The molecule has 7 heteroatoms. The molecule has 1 aliphatic rings. The first-order chi connectivity index (χ1) is 12.8. The van der Waals surface area contributed by atoms with E-state index in [1.807, 2.05) is 13.8 Å². The number of amides is 2. The standard InChI is InChI=1S/C20H19FN2O4/c1-10-3-4-12(7-11(10)2)18(20(26)27)23-19(25)15-9-17(24)22-16-8-13(21)5-6-14(15)16/h3-8,15,18H,9H2,1-2H3,(H,22,24)(H,23,25)(H,26,27). The third kappa shape index (κ3) is 3.81. The molecule has 2 unspecified atom stereocenters. The van der Waals surface area contributed by atoms with Gasteiger partial charge < -0.3 is 15.7 Å². The van der Waals surface area contributed by atoms with Crippen molar-refractivity contribution in [2.45, 2.75) is 32.2 Å². The fourth-order valence-electron chi connectivity index (χ4n) is 3.15. The number of halogens is 1. The number of carbonyl (C=O) groups is 3. The van der Waals surface area contributed by atoms with Crippen LogP contribution in [0.15, 0.2) is 36.4 Å². The zero-order chi connectivity index (χ0) is 19.7. The molecule has 0 saturated carbocycles. The molecule has 0 spiro atoms. The molecule has 0 aromatic heterocycles. The van der Waals surface area contributed by atoms with Gasteiger partial charge in [-0.3, -0.25) is 9.59 Å². The first-order valence-electron chi connectivity index (χ1n) is 8.46. The fraction of sp³-hybridized carbons (Fsp3) is 0.250. The Kier molecular flexibility index (Phi) is 4.94. The summed E-state index contributed by atoms with van der Waals surface area (Å²) in [6.07, 6.45) is -0.135. The normalized spacial score (nSPS) is 16.9. The number of hydrogen-bond donors (Lipinski definition) is 3. The summed E-state index contributed by atoms with van der Waals surface area (Å²) in [6.45, 7) is 3.76. The van der Waals surface area contributed by atoms with E-state index in [9.17, 15) is 23.9 Å². The number of aliphatic carboxylic acids is 1. The Bertz CT molecular complexity index is 942. The van der Waals surface area contributed by atoms with E-state index in [0.29, 0.717) is 11.1 Å². The van der Waals surface area contributed by atoms with Gasteiger partial charge in [-0.2, -0.15) is 0 Å². The number of aryl methyl sites for hydroxylation is 2. The van der Waals surface area contributed by atoms with Gasteiger partial charge in [-0.15, -0.1) is 0 Å². The SMILES string of the molecule is Cc1ccc(C(NC(=O)C2CC(=O)Nc3cc(F)ccc32)C(=O)O)cc1C. The number of hydrogen-bond acceptors (Lipinski definition) is 3. The molecule has 3 rings (SSSR count). The Balaban J connectivity index is 1.90. The first-order valence-corrected chi connectivity index (χ1v) is 8.46. The molecule has 3 N–H and O–H groups in total. The second-order valence-electron chi connectivity index (χ2n) is 6.66. The lowest BCUT2D eigenvalue weighted by Gasteiger charge is -2.26. The Labute approximate surface area is 155 Å². The molecular formula is C20H19FN2O4. The number of benzene rings is 2. The van der Waals surface area contributed by atoms with Crippen molar-refractivity contribution in [3.05, 3.63) is 64.5 Å². The van der Waals surface area contributed by atoms with E-state index in [1.165, 1.54) is 12.1 Å². The van der Waals surface area contributed by atoms with Crippen LogP contribution >= 0.6 is 0 Å². The lowest BCUT2D eigenvalue weighted by Crippen LogP contribution is -2.39. The maximum Gasteiger partial charge on any atom is 0.330 e.